The summed E-state index contributed by atoms with van der Waals surface area (Å²) < 4.78 is 19.1. The van der Waals surface area contributed by atoms with E-state index in [1.807, 2.05) is 0 Å². The fourth-order valence-corrected chi connectivity index (χ4v) is 2.23. The van der Waals surface area contributed by atoms with E-state index in [-0.39, 0.29) is 28.4 Å². The smallest absolute Gasteiger partial charge is 0.339 e. The average molecular weight is 389 g/mol. The van der Waals surface area contributed by atoms with E-state index in [0.717, 1.165) is 12.1 Å². The molecule has 0 atom stereocenters. The lowest BCUT2D eigenvalue weighted by Gasteiger charge is -2.07. The Morgan fingerprint density at radius 1 is 1.32 bits per heavy atom. The molecule has 0 bridgehead atoms. The van der Waals surface area contributed by atoms with Crippen LogP contribution in [0.5, 0.6) is 0 Å². The number of ether oxygens (including phenoxy) is 1. The monoisotopic (exact) mass is 387 g/mol. The molecule has 2 rings (SSSR count). The summed E-state index contributed by atoms with van der Waals surface area (Å²) in [5.74, 6) is -1.31. The highest BCUT2D eigenvalue weighted by molar-refractivity contribution is 9.10. The van der Waals surface area contributed by atoms with Crippen molar-refractivity contribution in [3.8, 4) is 0 Å². The van der Waals surface area contributed by atoms with Gasteiger partial charge in [0, 0.05) is 22.2 Å². The Hall–Kier alpha value is -1.99. The number of hydrogen-bond acceptors (Lipinski definition) is 4. The van der Waals surface area contributed by atoms with Crippen LogP contribution in [0.2, 0.25) is 5.02 Å². The number of nitro benzene ring substituents is 1. The maximum atomic E-state index is 13.6. The summed E-state index contributed by atoms with van der Waals surface area (Å²) in [5, 5.41) is 10.5. The summed E-state index contributed by atoms with van der Waals surface area (Å²) in [7, 11) is 0. The van der Waals surface area contributed by atoms with Gasteiger partial charge in [0.15, 0.2) is 0 Å². The Kier molecular flexibility index (Phi) is 5.10. The van der Waals surface area contributed by atoms with Gasteiger partial charge >= 0.3 is 5.97 Å². The van der Waals surface area contributed by atoms with E-state index in [1.165, 1.54) is 18.2 Å². The fourth-order valence-electron chi connectivity index (χ4n) is 1.64. The van der Waals surface area contributed by atoms with E-state index in [9.17, 15) is 19.3 Å². The highest BCUT2D eigenvalue weighted by Crippen LogP contribution is 2.24. The molecular weight excluding hydrogens is 381 g/mol. The lowest BCUT2D eigenvalue weighted by molar-refractivity contribution is -0.384. The molecule has 0 fully saturated rings. The number of nitro groups is 1. The molecule has 0 heterocycles. The summed E-state index contributed by atoms with van der Waals surface area (Å²) in [6.07, 6.45) is 0. The number of esters is 1. The maximum absolute atomic E-state index is 13.6. The van der Waals surface area contributed by atoms with Crippen LogP contribution in [-0.2, 0) is 11.3 Å². The SMILES string of the molecule is O=C(OCc1ccc(Br)cc1F)c1ccc([N+](=O)[O-])cc1Cl. The first-order chi connectivity index (χ1) is 10.4. The Balaban J connectivity index is 2.11. The summed E-state index contributed by atoms with van der Waals surface area (Å²) in [6.45, 7) is -0.273. The van der Waals surface area contributed by atoms with E-state index in [1.54, 1.807) is 6.07 Å². The first-order valence-corrected chi connectivity index (χ1v) is 7.10. The number of rotatable bonds is 4. The molecule has 0 aliphatic rings. The van der Waals surface area contributed by atoms with Crippen LogP contribution in [-0.4, -0.2) is 10.9 Å². The molecule has 0 radical (unpaired) electrons. The molecule has 0 aliphatic heterocycles. The third kappa shape index (κ3) is 3.80. The summed E-state index contributed by atoms with van der Waals surface area (Å²) >= 11 is 8.94. The molecule has 0 N–H and O–H groups in total. The van der Waals surface area contributed by atoms with Gasteiger partial charge in [0.2, 0.25) is 0 Å². The van der Waals surface area contributed by atoms with Gasteiger partial charge in [0.25, 0.3) is 5.69 Å². The number of nitrogens with zero attached hydrogens (tertiary/aromatic N) is 1. The minimum atomic E-state index is -0.790. The Labute approximate surface area is 137 Å². The summed E-state index contributed by atoms with van der Waals surface area (Å²) in [6, 6.07) is 7.74. The number of carbonyl (C=O) groups is 1. The maximum Gasteiger partial charge on any atom is 0.339 e. The third-order valence-corrected chi connectivity index (χ3v) is 3.56. The van der Waals surface area contributed by atoms with Crippen LogP contribution in [0.15, 0.2) is 40.9 Å². The minimum Gasteiger partial charge on any atom is -0.457 e. The Bertz CT molecular complexity index is 754. The van der Waals surface area contributed by atoms with E-state index in [4.69, 9.17) is 16.3 Å². The summed E-state index contributed by atoms with van der Waals surface area (Å²) in [4.78, 5) is 21.9. The van der Waals surface area contributed by atoms with E-state index in [0.29, 0.717) is 4.47 Å². The van der Waals surface area contributed by atoms with Gasteiger partial charge in [0.1, 0.15) is 12.4 Å². The van der Waals surface area contributed by atoms with Crippen molar-refractivity contribution in [3.05, 3.63) is 73.0 Å². The number of carbonyl (C=O) groups excluding carboxylic acids is 1. The van der Waals surface area contributed by atoms with Crippen molar-refractivity contribution in [2.45, 2.75) is 6.61 Å². The van der Waals surface area contributed by atoms with Crippen LogP contribution < -0.4 is 0 Å². The van der Waals surface area contributed by atoms with Gasteiger partial charge in [0.05, 0.1) is 15.5 Å². The molecule has 0 aromatic heterocycles. The second kappa shape index (κ2) is 6.85. The van der Waals surface area contributed by atoms with Gasteiger partial charge in [-0.1, -0.05) is 33.6 Å². The van der Waals surface area contributed by atoms with Crippen LogP contribution >= 0.6 is 27.5 Å². The average Bonchev–Trinajstić information content (AvgIpc) is 2.45. The van der Waals surface area contributed by atoms with Crippen LogP contribution in [0.3, 0.4) is 0 Å². The summed E-state index contributed by atoms with van der Waals surface area (Å²) in [5.41, 5.74) is -0.0557. The number of halogens is 3. The van der Waals surface area contributed by atoms with E-state index < -0.39 is 16.7 Å². The lowest BCUT2D eigenvalue weighted by atomic mass is 10.2. The topological polar surface area (TPSA) is 69.4 Å². The van der Waals surface area contributed by atoms with Crippen molar-refractivity contribution in [2.24, 2.45) is 0 Å². The fraction of sp³-hybridized carbons (Fsp3) is 0.0714. The Morgan fingerprint density at radius 3 is 2.64 bits per heavy atom. The zero-order valence-corrected chi connectivity index (χ0v) is 13.2. The largest absolute Gasteiger partial charge is 0.457 e. The third-order valence-electron chi connectivity index (χ3n) is 2.76. The number of hydrogen-bond donors (Lipinski definition) is 0. The van der Waals surface area contributed by atoms with Crippen LogP contribution in [0, 0.1) is 15.9 Å². The van der Waals surface area contributed by atoms with Gasteiger partial charge in [-0.15, -0.1) is 0 Å². The second-order valence-corrected chi connectivity index (χ2v) is 5.56. The molecule has 0 saturated carbocycles. The van der Waals surface area contributed by atoms with E-state index in [2.05, 4.69) is 15.9 Å². The van der Waals surface area contributed by atoms with Gasteiger partial charge in [-0.2, -0.15) is 0 Å². The quantitative estimate of drug-likeness (QED) is 0.439. The molecule has 0 spiro atoms. The highest BCUT2D eigenvalue weighted by Gasteiger charge is 2.16. The van der Waals surface area contributed by atoms with Crippen LogP contribution in [0.1, 0.15) is 15.9 Å². The van der Waals surface area contributed by atoms with Crippen molar-refractivity contribution in [1.29, 1.82) is 0 Å². The molecule has 8 heteroatoms. The van der Waals surface area contributed by atoms with Crippen molar-refractivity contribution in [3.63, 3.8) is 0 Å². The van der Waals surface area contributed by atoms with Crippen molar-refractivity contribution in [2.75, 3.05) is 0 Å². The second-order valence-electron chi connectivity index (χ2n) is 4.23. The molecule has 0 amide bonds. The molecule has 5 nitrogen and oxygen atoms in total. The van der Waals surface area contributed by atoms with Gasteiger partial charge in [-0.3, -0.25) is 10.1 Å². The van der Waals surface area contributed by atoms with Crippen molar-refractivity contribution in [1.82, 2.24) is 0 Å². The van der Waals surface area contributed by atoms with Gasteiger partial charge < -0.3 is 4.74 Å². The van der Waals surface area contributed by atoms with Gasteiger partial charge in [-0.25, -0.2) is 9.18 Å². The molecule has 0 aliphatic carbocycles. The minimum absolute atomic E-state index is 0.0233. The zero-order chi connectivity index (χ0) is 16.3. The normalized spacial score (nSPS) is 10.3. The molecule has 0 unspecified atom stereocenters. The van der Waals surface area contributed by atoms with Gasteiger partial charge in [-0.05, 0) is 18.2 Å². The molecule has 2 aromatic carbocycles. The Morgan fingerprint density at radius 2 is 2.05 bits per heavy atom. The number of non-ortho nitro benzene ring substituents is 1. The number of benzene rings is 2. The molecule has 0 saturated heterocycles. The highest BCUT2D eigenvalue weighted by atomic mass is 79.9. The van der Waals surface area contributed by atoms with Crippen molar-refractivity contribution < 1.29 is 18.8 Å². The predicted octanol–water partition coefficient (Wildman–Crippen LogP) is 4.51. The zero-order valence-electron chi connectivity index (χ0n) is 10.9. The van der Waals surface area contributed by atoms with Crippen LogP contribution in [0.4, 0.5) is 10.1 Å². The van der Waals surface area contributed by atoms with E-state index >= 15 is 0 Å². The molecule has 2 aromatic rings. The molecular formula is C14H8BrClFNO4. The molecule has 22 heavy (non-hydrogen) atoms. The molecule has 114 valence electrons. The first-order valence-electron chi connectivity index (χ1n) is 5.93. The predicted molar refractivity (Wildman–Crippen MR) is 81.3 cm³/mol. The van der Waals surface area contributed by atoms with Crippen molar-refractivity contribution >= 4 is 39.2 Å². The lowest BCUT2D eigenvalue weighted by Crippen LogP contribution is -2.07. The standard InChI is InChI=1S/C14H8BrClFNO4/c15-9-2-1-8(13(17)5-9)7-22-14(19)11-4-3-10(18(20)21)6-12(11)16/h1-6H,7H2. The van der Waals surface area contributed by atoms with Crippen LogP contribution in [0.25, 0.3) is 0 Å². The first kappa shape index (κ1) is 16.4.